The Morgan fingerprint density at radius 2 is 2.20 bits per heavy atom. The minimum Gasteiger partial charge on any atom is -0.374 e. The van der Waals surface area contributed by atoms with Gasteiger partial charge in [-0.2, -0.15) is 0 Å². The fourth-order valence-corrected chi connectivity index (χ4v) is 2.73. The number of anilines is 1. The summed E-state index contributed by atoms with van der Waals surface area (Å²) in [5.74, 6) is 0.538. The van der Waals surface area contributed by atoms with Gasteiger partial charge in [0.25, 0.3) is 0 Å². The fourth-order valence-electron chi connectivity index (χ4n) is 2.73. The zero-order valence-corrected chi connectivity index (χ0v) is 12.1. The molecule has 2 N–H and O–H groups in total. The summed E-state index contributed by atoms with van der Waals surface area (Å²) < 4.78 is 0. The molecule has 1 heterocycles. The van der Waals surface area contributed by atoms with Crippen molar-refractivity contribution in [1.82, 2.24) is 10.6 Å². The van der Waals surface area contributed by atoms with Crippen LogP contribution in [-0.4, -0.2) is 32.6 Å². The van der Waals surface area contributed by atoms with E-state index in [1.807, 2.05) is 0 Å². The summed E-state index contributed by atoms with van der Waals surface area (Å²) in [4.78, 5) is 13.8. The Morgan fingerprint density at radius 1 is 1.35 bits per heavy atom. The summed E-state index contributed by atoms with van der Waals surface area (Å²) in [6.45, 7) is 3.55. The van der Waals surface area contributed by atoms with Crippen LogP contribution in [0.5, 0.6) is 0 Å². The molecule has 4 nitrogen and oxygen atoms in total. The van der Waals surface area contributed by atoms with Crippen molar-refractivity contribution in [2.45, 2.75) is 25.8 Å². The van der Waals surface area contributed by atoms with Crippen LogP contribution < -0.4 is 15.5 Å². The van der Waals surface area contributed by atoms with Gasteiger partial charge in [0.15, 0.2) is 0 Å². The van der Waals surface area contributed by atoms with Crippen molar-refractivity contribution in [3.8, 4) is 0 Å². The first kappa shape index (κ1) is 13.4. The monoisotopic (exact) mass is 273 g/mol. The molecule has 20 heavy (non-hydrogen) atoms. The van der Waals surface area contributed by atoms with Gasteiger partial charge >= 0.3 is 0 Å². The second kappa shape index (κ2) is 5.83. The quantitative estimate of drug-likeness (QED) is 0.768. The van der Waals surface area contributed by atoms with E-state index in [-0.39, 0.29) is 5.91 Å². The standard InChI is InChI=1S/C16H23N3O/c1-19-9-6-14-10-12(2-5-15(14)19)11-17-7-8-18-16(20)13-3-4-13/h2,5,10,13,17H,3-4,6-9,11H2,1H3,(H,18,20). The van der Waals surface area contributed by atoms with Gasteiger partial charge in [-0.3, -0.25) is 4.79 Å². The van der Waals surface area contributed by atoms with Crippen molar-refractivity contribution >= 4 is 11.6 Å². The molecule has 108 valence electrons. The molecule has 0 atom stereocenters. The van der Waals surface area contributed by atoms with Crippen LogP contribution in [0.25, 0.3) is 0 Å². The van der Waals surface area contributed by atoms with Gasteiger partial charge in [0.05, 0.1) is 0 Å². The molecular weight excluding hydrogens is 250 g/mol. The third-order valence-corrected chi connectivity index (χ3v) is 4.15. The third kappa shape index (κ3) is 3.12. The maximum absolute atomic E-state index is 11.5. The van der Waals surface area contributed by atoms with E-state index >= 15 is 0 Å². The average Bonchev–Trinajstić information content (AvgIpc) is 3.24. The van der Waals surface area contributed by atoms with Crippen molar-refractivity contribution in [3.63, 3.8) is 0 Å². The smallest absolute Gasteiger partial charge is 0.223 e. The molecule has 1 fully saturated rings. The molecule has 1 saturated carbocycles. The van der Waals surface area contributed by atoms with Crippen molar-refractivity contribution in [2.24, 2.45) is 5.92 Å². The van der Waals surface area contributed by atoms with Crippen molar-refractivity contribution in [1.29, 1.82) is 0 Å². The molecule has 4 heteroatoms. The van der Waals surface area contributed by atoms with Gasteiger partial charge in [-0.25, -0.2) is 0 Å². The van der Waals surface area contributed by atoms with Gasteiger partial charge in [-0.15, -0.1) is 0 Å². The number of rotatable bonds is 6. The molecule has 0 radical (unpaired) electrons. The predicted molar refractivity (Wildman–Crippen MR) is 80.9 cm³/mol. The zero-order chi connectivity index (χ0) is 13.9. The van der Waals surface area contributed by atoms with Crippen LogP contribution in [0.3, 0.4) is 0 Å². The van der Waals surface area contributed by atoms with Gasteiger partial charge in [0, 0.05) is 44.8 Å². The molecule has 1 aliphatic carbocycles. The Labute approximate surface area is 120 Å². The first-order chi connectivity index (χ1) is 9.74. The van der Waals surface area contributed by atoms with Gasteiger partial charge in [0.1, 0.15) is 0 Å². The van der Waals surface area contributed by atoms with Crippen LogP contribution in [0.15, 0.2) is 18.2 Å². The maximum atomic E-state index is 11.5. The minimum atomic E-state index is 0.229. The van der Waals surface area contributed by atoms with E-state index in [1.54, 1.807) is 0 Å². The molecule has 1 amide bonds. The highest BCUT2D eigenvalue weighted by Crippen LogP contribution is 2.28. The predicted octanol–water partition coefficient (Wildman–Crippen LogP) is 1.29. The lowest BCUT2D eigenvalue weighted by Crippen LogP contribution is -2.32. The van der Waals surface area contributed by atoms with Gasteiger partial charge in [0.2, 0.25) is 5.91 Å². The first-order valence-electron chi connectivity index (χ1n) is 7.55. The lowest BCUT2D eigenvalue weighted by molar-refractivity contribution is -0.122. The molecule has 1 aromatic carbocycles. The lowest BCUT2D eigenvalue weighted by Gasteiger charge is -2.12. The number of nitrogens with zero attached hydrogens (tertiary/aromatic N) is 1. The Kier molecular flexibility index (Phi) is 3.92. The number of carbonyl (C=O) groups is 1. The van der Waals surface area contributed by atoms with E-state index in [0.29, 0.717) is 5.92 Å². The molecule has 3 rings (SSSR count). The molecule has 0 bridgehead atoms. The van der Waals surface area contributed by atoms with Gasteiger partial charge in [-0.05, 0) is 36.5 Å². The van der Waals surface area contributed by atoms with E-state index in [9.17, 15) is 4.79 Å². The van der Waals surface area contributed by atoms with Gasteiger partial charge < -0.3 is 15.5 Å². The van der Waals surface area contributed by atoms with E-state index in [0.717, 1.165) is 45.4 Å². The molecule has 1 aromatic rings. The Bertz CT molecular complexity index is 496. The third-order valence-electron chi connectivity index (χ3n) is 4.15. The number of nitrogens with one attached hydrogen (secondary N) is 2. The van der Waals surface area contributed by atoms with Crippen LogP contribution in [0.4, 0.5) is 5.69 Å². The summed E-state index contributed by atoms with van der Waals surface area (Å²) in [5.41, 5.74) is 4.15. The highest BCUT2D eigenvalue weighted by Gasteiger charge is 2.28. The highest BCUT2D eigenvalue weighted by molar-refractivity contribution is 5.80. The second-order valence-electron chi connectivity index (χ2n) is 5.88. The van der Waals surface area contributed by atoms with E-state index in [1.165, 1.54) is 16.8 Å². The normalized spacial score (nSPS) is 17.1. The topological polar surface area (TPSA) is 44.4 Å². The maximum Gasteiger partial charge on any atom is 0.223 e. The van der Waals surface area contributed by atoms with E-state index in [2.05, 4.69) is 40.8 Å². The minimum absolute atomic E-state index is 0.229. The lowest BCUT2D eigenvalue weighted by atomic mass is 10.1. The van der Waals surface area contributed by atoms with Crippen LogP contribution in [0, 0.1) is 5.92 Å². The molecule has 0 spiro atoms. The Hall–Kier alpha value is -1.55. The average molecular weight is 273 g/mol. The summed E-state index contributed by atoms with van der Waals surface area (Å²) in [7, 11) is 2.15. The molecule has 0 unspecified atom stereocenters. The molecular formula is C16H23N3O. The van der Waals surface area contributed by atoms with Crippen LogP contribution in [0.1, 0.15) is 24.0 Å². The molecule has 2 aliphatic rings. The fraction of sp³-hybridized carbons (Fsp3) is 0.562. The number of fused-ring (bicyclic) bond motifs is 1. The number of amides is 1. The number of hydrogen-bond donors (Lipinski definition) is 2. The Balaban J connectivity index is 1.39. The number of likely N-dealkylation sites (N-methyl/N-ethyl adjacent to an activating group) is 1. The van der Waals surface area contributed by atoms with Crippen molar-refractivity contribution in [2.75, 3.05) is 31.6 Å². The van der Waals surface area contributed by atoms with Crippen LogP contribution in [-0.2, 0) is 17.8 Å². The van der Waals surface area contributed by atoms with Crippen LogP contribution in [0.2, 0.25) is 0 Å². The highest BCUT2D eigenvalue weighted by atomic mass is 16.2. The van der Waals surface area contributed by atoms with Gasteiger partial charge in [-0.1, -0.05) is 12.1 Å². The molecule has 0 aromatic heterocycles. The van der Waals surface area contributed by atoms with Crippen molar-refractivity contribution < 1.29 is 4.79 Å². The summed E-state index contributed by atoms with van der Waals surface area (Å²) in [6.07, 6.45) is 3.29. The summed E-state index contributed by atoms with van der Waals surface area (Å²) >= 11 is 0. The zero-order valence-electron chi connectivity index (χ0n) is 12.1. The SMILES string of the molecule is CN1CCc2cc(CNCCNC(=O)C3CC3)ccc21. The molecule has 0 saturated heterocycles. The first-order valence-corrected chi connectivity index (χ1v) is 7.55. The van der Waals surface area contributed by atoms with E-state index < -0.39 is 0 Å². The summed E-state index contributed by atoms with van der Waals surface area (Å²) in [6, 6.07) is 6.71. The number of benzene rings is 1. The summed E-state index contributed by atoms with van der Waals surface area (Å²) in [5, 5.41) is 6.36. The van der Waals surface area contributed by atoms with E-state index in [4.69, 9.17) is 0 Å². The van der Waals surface area contributed by atoms with Crippen molar-refractivity contribution in [3.05, 3.63) is 29.3 Å². The molecule has 1 aliphatic heterocycles. The number of hydrogen-bond acceptors (Lipinski definition) is 3. The second-order valence-corrected chi connectivity index (χ2v) is 5.88. The Morgan fingerprint density at radius 3 is 3.00 bits per heavy atom. The number of carbonyl (C=O) groups excluding carboxylic acids is 1. The van der Waals surface area contributed by atoms with Crippen LogP contribution >= 0.6 is 0 Å². The largest absolute Gasteiger partial charge is 0.374 e.